The molecule has 6 nitrogen and oxygen atoms in total. The molecule has 6 heteroatoms. The fourth-order valence-corrected chi connectivity index (χ4v) is 3.76. The largest absolute Gasteiger partial charge is 0.467 e. The van der Waals surface area contributed by atoms with Crippen LogP contribution >= 0.6 is 0 Å². The van der Waals surface area contributed by atoms with Crippen LogP contribution in [0.5, 0.6) is 0 Å². The van der Waals surface area contributed by atoms with E-state index in [9.17, 15) is 9.59 Å². The smallest absolute Gasteiger partial charge is 0.291 e. The highest BCUT2D eigenvalue weighted by Gasteiger charge is 2.44. The summed E-state index contributed by atoms with van der Waals surface area (Å²) in [6.45, 7) is 3.94. The Morgan fingerprint density at radius 2 is 1.89 bits per heavy atom. The second-order valence-electron chi connectivity index (χ2n) is 7.04. The number of carbonyl (C=O) groups is 1. The van der Waals surface area contributed by atoms with E-state index in [-0.39, 0.29) is 23.6 Å². The molecule has 1 unspecified atom stereocenters. The Labute approximate surface area is 160 Å². The van der Waals surface area contributed by atoms with Gasteiger partial charge in [-0.05, 0) is 50.2 Å². The van der Waals surface area contributed by atoms with Crippen LogP contribution in [0.15, 0.2) is 66.8 Å². The SMILES string of the molecule is Cc1ccc2oc3c(c(=O)c2c1)C(c1ccc(C)o1)N(Cc1ccco1)C3=O. The van der Waals surface area contributed by atoms with Gasteiger partial charge in [0, 0.05) is 0 Å². The van der Waals surface area contributed by atoms with Gasteiger partial charge in [-0.2, -0.15) is 0 Å². The summed E-state index contributed by atoms with van der Waals surface area (Å²) in [7, 11) is 0. The number of hydrogen-bond donors (Lipinski definition) is 0. The summed E-state index contributed by atoms with van der Waals surface area (Å²) in [5.41, 5.74) is 1.44. The molecule has 1 atom stereocenters. The minimum Gasteiger partial charge on any atom is -0.467 e. The Hall–Kier alpha value is -3.54. The maximum atomic E-state index is 13.4. The summed E-state index contributed by atoms with van der Waals surface area (Å²) in [5, 5.41) is 0.458. The second-order valence-corrected chi connectivity index (χ2v) is 7.04. The Kier molecular flexibility index (Phi) is 3.55. The molecule has 1 aliphatic heterocycles. The summed E-state index contributed by atoms with van der Waals surface area (Å²) in [5.74, 6) is 1.55. The molecule has 0 saturated carbocycles. The molecule has 0 fully saturated rings. The van der Waals surface area contributed by atoms with Gasteiger partial charge in [0.15, 0.2) is 5.43 Å². The lowest BCUT2D eigenvalue weighted by atomic mass is 10.0. The second kappa shape index (κ2) is 5.99. The predicted octanol–water partition coefficient (Wildman–Crippen LogP) is 4.34. The van der Waals surface area contributed by atoms with Crippen LogP contribution in [-0.2, 0) is 6.54 Å². The normalized spacial score (nSPS) is 16.1. The molecule has 0 saturated heterocycles. The predicted molar refractivity (Wildman–Crippen MR) is 101 cm³/mol. The summed E-state index contributed by atoms with van der Waals surface area (Å²) in [4.78, 5) is 28.1. The van der Waals surface area contributed by atoms with Crippen molar-refractivity contribution in [2.45, 2.75) is 26.4 Å². The number of furan rings is 2. The van der Waals surface area contributed by atoms with E-state index in [4.69, 9.17) is 13.3 Å². The Morgan fingerprint density at radius 1 is 1.04 bits per heavy atom. The van der Waals surface area contributed by atoms with Gasteiger partial charge in [-0.25, -0.2) is 0 Å². The van der Waals surface area contributed by atoms with E-state index >= 15 is 0 Å². The summed E-state index contributed by atoms with van der Waals surface area (Å²) < 4.78 is 17.1. The van der Waals surface area contributed by atoms with Crippen LogP contribution in [0.2, 0.25) is 0 Å². The van der Waals surface area contributed by atoms with Crippen LogP contribution in [0.25, 0.3) is 11.0 Å². The Morgan fingerprint density at radius 3 is 2.61 bits per heavy atom. The van der Waals surface area contributed by atoms with Gasteiger partial charge in [-0.15, -0.1) is 0 Å². The number of nitrogens with zero attached hydrogens (tertiary/aromatic N) is 1. The number of rotatable bonds is 3. The molecule has 1 aromatic carbocycles. The quantitative estimate of drug-likeness (QED) is 0.532. The summed E-state index contributed by atoms with van der Waals surface area (Å²) >= 11 is 0. The van der Waals surface area contributed by atoms with Crippen LogP contribution in [0.4, 0.5) is 0 Å². The summed E-state index contributed by atoms with van der Waals surface area (Å²) in [6.07, 6.45) is 1.55. The van der Waals surface area contributed by atoms with Crippen LogP contribution in [-0.4, -0.2) is 10.8 Å². The lowest BCUT2D eigenvalue weighted by Crippen LogP contribution is -2.28. The molecule has 5 rings (SSSR count). The van der Waals surface area contributed by atoms with Gasteiger partial charge in [0.25, 0.3) is 5.91 Å². The maximum absolute atomic E-state index is 13.4. The van der Waals surface area contributed by atoms with Crippen LogP contribution < -0.4 is 5.43 Å². The van der Waals surface area contributed by atoms with Crippen LogP contribution in [0.3, 0.4) is 0 Å². The van der Waals surface area contributed by atoms with Crippen LogP contribution in [0, 0.1) is 13.8 Å². The molecule has 0 N–H and O–H groups in total. The highest BCUT2D eigenvalue weighted by atomic mass is 16.4. The van der Waals surface area contributed by atoms with Gasteiger partial charge in [0.05, 0.1) is 23.8 Å². The molecule has 4 heterocycles. The molecule has 0 aliphatic carbocycles. The maximum Gasteiger partial charge on any atom is 0.291 e. The number of benzene rings is 1. The fourth-order valence-electron chi connectivity index (χ4n) is 3.76. The van der Waals surface area contributed by atoms with Crippen molar-refractivity contribution in [1.82, 2.24) is 4.90 Å². The van der Waals surface area contributed by atoms with Gasteiger partial charge in [-0.3, -0.25) is 9.59 Å². The van der Waals surface area contributed by atoms with E-state index in [1.807, 2.05) is 26.0 Å². The van der Waals surface area contributed by atoms with Crippen molar-refractivity contribution in [3.8, 4) is 0 Å². The number of fused-ring (bicyclic) bond motifs is 2. The first-order valence-electron chi connectivity index (χ1n) is 9.00. The van der Waals surface area contributed by atoms with Gasteiger partial charge < -0.3 is 18.2 Å². The highest BCUT2D eigenvalue weighted by Crippen LogP contribution is 2.39. The fraction of sp³-hybridized carbons (Fsp3) is 0.182. The van der Waals surface area contributed by atoms with Crippen molar-refractivity contribution in [2.75, 3.05) is 0 Å². The van der Waals surface area contributed by atoms with Crippen molar-refractivity contribution in [2.24, 2.45) is 0 Å². The summed E-state index contributed by atoms with van der Waals surface area (Å²) in [6, 6.07) is 11.8. The average molecular weight is 375 g/mol. The average Bonchev–Trinajstić information content (AvgIpc) is 3.39. The highest BCUT2D eigenvalue weighted by molar-refractivity contribution is 5.98. The van der Waals surface area contributed by atoms with E-state index in [1.54, 1.807) is 41.5 Å². The number of carbonyl (C=O) groups excluding carboxylic acids is 1. The topological polar surface area (TPSA) is 76.8 Å². The number of aryl methyl sites for hydroxylation is 2. The zero-order valence-electron chi connectivity index (χ0n) is 15.4. The van der Waals surface area contributed by atoms with Crippen LogP contribution in [0.1, 0.15) is 45.0 Å². The van der Waals surface area contributed by atoms with Gasteiger partial charge in [0.2, 0.25) is 5.76 Å². The first kappa shape index (κ1) is 16.6. The Bertz CT molecular complexity index is 1260. The zero-order chi connectivity index (χ0) is 19.4. The first-order chi connectivity index (χ1) is 13.5. The van der Waals surface area contributed by atoms with Gasteiger partial charge >= 0.3 is 0 Å². The van der Waals surface area contributed by atoms with Gasteiger partial charge in [0.1, 0.15) is 28.9 Å². The lowest BCUT2D eigenvalue weighted by Gasteiger charge is -2.22. The monoisotopic (exact) mass is 375 g/mol. The minimum atomic E-state index is -0.664. The van der Waals surface area contributed by atoms with E-state index in [2.05, 4.69) is 0 Å². The van der Waals surface area contributed by atoms with Crippen molar-refractivity contribution < 1.29 is 18.0 Å². The van der Waals surface area contributed by atoms with E-state index < -0.39 is 6.04 Å². The third-order valence-corrected chi connectivity index (χ3v) is 5.06. The zero-order valence-corrected chi connectivity index (χ0v) is 15.4. The van der Waals surface area contributed by atoms with E-state index in [1.165, 1.54) is 0 Å². The molecule has 140 valence electrons. The molecule has 0 spiro atoms. The van der Waals surface area contributed by atoms with E-state index in [0.717, 1.165) is 5.56 Å². The van der Waals surface area contributed by atoms with E-state index in [0.29, 0.717) is 33.8 Å². The van der Waals surface area contributed by atoms with Gasteiger partial charge in [-0.1, -0.05) is 11.6 Å². The molecule has 28 heavy (non-hydrogen) atoms. The number of hydrogen-bond acceptors (Lipinski definition) is 5. The van der Waals surface area contributed by atoms with Crippen molar-refractivity contribution in [3.63, 3.8) is 0 Å². The number of amides is 1. The molecule has 4 aromatic rings. The molecule has 3 aromatic heterocycles. The molecular weight excluding hydrogens is 358 g/mol. The minimum absolute atomic E-state index is 0.0620. The first-order valence-corrected chi connectivity index (χ1v) is 9.00. The molecule has 1 aliphatic rings. The molecule has 1 amide bonds. The lowest BCUT2D eigenvalue weighted by molar-refractivity contribution is 0.0686. The van der Waals surface area contributed by atoms with Crippen molar-refractivity contribution >= 4 is 16.9 Å². The van der Waals surface area contributed by atoms with Crippen molar-refractivity contribution in [3.05, 3.63) is 93.1 Å². The van der Waals surface area contributed by atoms with Crippen molar-refractivity contribution in [1.29, 1.82) is 0 Å². The standard InChI is InChI=1S/C22H17NO5/c1-12-5-7-16-15(10-12)20(24)18-19(17-8-6-13(2)27-17)23(22(25)21(18)28-16)11-14-4-3-9-26-14/h3-10,19H,11H2,1-2H3. The molecule has 0 radical (unpaired) electrons. The third-order valence-electron chi connectivity index (χ3n) is 5.06. The Balaban J connectivity index is 1.76. The third kappa shape index (κ3) is 2.41. The molecular formula is C22H17NO5. The molecule has 0 bridgehead atoms.